The lowest BCUT2D eigenvalue weighted by Gasteiger charge is -2.42. The van der Waals surface area contributed by atoms with Crippen LogP contribution in [0.5, 0.6) is 0 Å². The Labute approximate surface area is 292 Å². The molecule has 2 aliphatic rings. The number of rotatable bonds is 24. The van der Waals surface area contributed by atoms with Crippen LogP contribution in [-0.2, 0) is 6.54 Å². The van der Waals surface area contributed by atoms with Crippen LogP contribution in [0, 0.1) is 35.5 Å². The smallest absolute Gasteiger partial charge is 0.0431 e. The average Bonchev–Trinajstić information content (AvgIpc) is 3.09. The molecule has 0 heterocycles. The Kier molecular flexibility index (Phi) is 20.2. The number of aliphatic hydroxyl groups is 1. The van der Waals surface area contributed by atoms with Crippen molar-refractivity contribution >= 4 is 0 Å². The van der Waals surface area contributed by atoms with E-state index in [0.29, 0.717) is 12.5 Å². The molecule has 1 aromatic carbocycles. The summed E-state index contributed by atoms with van der Waals surface area (Å²) in [5.74, 6) is 5.43. The van der Waals surface area contributed by atoms with Gasteiger partial charge in [0.05, 0.1) is 0 Å². The molecule has 0 saturated heterocycles. The summed E-state index contributed by atoms with van der Waals surface area (Å²) in [5.41, 5.74) is 14.8. The fraction of sp³-hybridized carbons (Fsp3) is 0.857. The zero-order chi connectivity index (χ0) is 33.9. The molecule has 5 nitrogen and oxygen atoms in total. The SMILES string of the molecule is CCCCN(CCCN)Cc1cccc(C2CCC(C)C(C(C)CC(CCCO)C3CCCC(CN(CCCC)CCCN)C3)C2)c1. The maximum Gasteiger partial charge on any atom is 0.0431 e. The minimum absolute atomic E-state index is 0.339. The van der Waals surface area contributed by atoms with E-state index >= 15 is 0 Å². The van der Waals surface area contributed by atoms with Gasteiger partial charge in [-0.15, -0.1) is 0 Å². The molecule has 0 radical (unpaired) electrons. The number of hydrogen-bond donors (Lipinski definition) is 3. The van der Waals surface area contributed by atoms with Crippen LogP contribution < -0.4 is 11.5 Å². The number of nitrogens with zero attached hydrogens (tertiary/aromatic N) is 2. The molecule has 2 fully saturated rings. The van der Waals surface area contributed by atoms with Crippen LogP contribution in [0.3, 0.4) is 0 Å². The molecule has 1 aromatic rings. The highest BCUT2D eigenvalue weighted by molar-refractivity contribution is 5.27. The second-order valence-corrected chi connectivity index (χ2v) is 16.1. The summed E-state index contributed by atoms with van der Waals surface area (Å²) >= 11 is 0. The van der Waals surface area contributed by atoms with Gasteiger partial charge in [-0.25, -0.2) is 0 Å². The first kappa shape index (κ1) is 40.4. The van der Waals surface area contributed by atoms with E-state index in [2.05, 4.69) is 61.8 Å². The Bertz CT molecular complexity index is 910. The van der Waals surface area contributed by atoms with Gasteiger partial charge in [0.1, 0.15) is 0 Å². The van der Waals surface area contributed by atoms with E-state index in [0.717, 1.165) is 87.5 Å². The van der Waals surface area contributed by atoms with Crippen molar-refractivity contribution in [2.75, 3.05) is 52.4 Å². The topological polar surface area (TPSA) is 78.8 Å². The highest BCUT2D eigenvalue weighted by Gasteiger charge is 2.36. The summed E-state index contributed by atoms with van der Waals surface area (Å²) in [5, 5.41) is 9.87. The molecule has 7 atom stereocenters. The lowest BCUT2D eigenvalue weighted by molar-refractivity contribution is 0.0957. The molecule has 0 aromatic heterocycles. The van der Waals surface area contributed by atoms with Gasteiger partial charge in [-0.05, 0) is 169 Å². The number of nitrogens with two attached hydrogens (primary N) is 2. The van der Waals surface area contributed by atoms with E-state index in [1.54, 1.807) is 5.56 Å². The number of unbranched alkanes of at least 4 members (excludes halogenated alkanes) is 2. The molecule has 5 heteroatoms. The van der Waals surface area contributed by atoms with Crippen LogP contribution in [-0.4, -0.2) is 67.3 Å². The fourth-order valence-corrected chi connectivity index (χ4v) is 9.46. The van der Waals surface area contributed by atoms with Crippen molar-refractivity contribution in [2.45, 2.75) is 143 Å². The Balaban J connectivity index is 1.64. The van der Waals surface area contributed by atoms with Crippen LogP contribution >= 0.6 is 0 Å². The third-order valence-electron chi connectivity index (χ3n) is 12.2. The molecule has 2 aliphatic carbocycles. The first-order chi connectivity index (χ1) is 22.9. The molecule has 47 heavy (non-hydrogen) atoms. The van der Waals surface area contributed by atoms with Crippen molar-refractivity contribution < 1.29 is 5.11 Å². The molecule has 0 spiro atoms. The van der Waals surface area contributed by atoms with Crippen molar-refractivity contribution in [1.29, 1.82) is 0 Å². The maximum atomic E-state index is 9.87. The number of hydrogen-bond acceptors (Lipinski definition) is 5. The zero-order valence-corrected chi connectivity index (χ0v) is 31.5. The maximum absolute atomic E-state index is 9.87. The molecule has 272 valence electrons. The molecular formula is C42H78N4O. The number of aliphatic hydroxyl groups excluding tert-OH is 1. The van der Waals surface area contributed by atoms with Gasteiger partial charge in [0.25, 0.3) is 0 Å². The van der Waals surface area contributed by atoms with Crippen molar-refractivity contribution in [3.8, 4) is 0 Å². The summed E-state index contributed by atoms with van der Waals surface area (Å²) in [7, 11) is 0. The minimum Gasteiger partial charge on any atom is -0.396 e. The van der Waals surface area contributed by atoms with Gasteiger partial charge < -0.3 is 21.5 Å². The zero-order valence-electron chi connectivity index (χ0n) is 31.5. The van der Waals surface area contributed by atoms with Crippen LogP contribution in [0.4, 0.5) is 0 Å². The Morgan fingerprint density at radius 3 is 2.26 bits per heavy atom. The normalized spacial score (nSPS) is 25.0. The minimum atomic E-state index is 0.339. The van der Waals surface area contributed by atoms with Crippen LogP contribution in [0.15, 0.2) is 24.3 Å². The van der Waals surface area contributed by atoms with Crippen molar-refractivity contribution in [3.63, 3.8) is 0 Å². The number of benzene rings is 1. The third kappa shape index (κ3) is 14.4. The first-order valence-corrected chi connectivity index (χ1v) is 20.5. The van der Waals surface area contributed by atoms with Crippen molar-refractivity contribution in [1.82, 2.24) is 9.80 Å². The van der Waals surface area contributed by atoms with Crippen LogP contribution in [0.25, 0.3) is 0 Å². The molecule has 0 bridgehead atoms. The van der Waals surface area contributed by atoms with E-state index in [-0.39, 0.29) is 0 Å². The van der Waals surface area contributed by atoms with Gasteiger partial charge in [0, 0.05) is 19.7 Å². The predicted molar refractivity (Wildman–Crippen MR) is 204 cm³/mol. The monoisotopic (exact) mass is 655 g/mol. The lowest BCUT2D eigenvalue weighted by Crippen LogP contribution is -2.36. The van der Waals surface area contributed by atoms with Gasteiger partial charge in [0.2, 0.25) is 0 Å². The molecule has 5 N–H and O–H groups in total. The highest BCUT2D eigenvalue weighted by atomic mass is 16.2. The standard InChI is InChI=1S/C42H78N4O/c1-5-7-23-45(25-12-21-43)32-36-14-9-16-39(29-36)38(18-11-27-47)28-35(4)42-31-41(20-19-34(42)3)40-17-10-15-37(30-40)33-46(24-8-6-2)26-13-22-44/h10,15,17,30,34-36,38-39,41-42,47H,5-9,11-14,16,18-29,31-33,43-44H2,1-4H3. The Morgan fingerprint density at radius 1 is 0.851 bits per heavy atom. The van der Waals surface area contributed by atoms with Crippen molar-refractivity contribution in [3.05, 3.63) is 35.4 Å². The summed E-state index contributed by atoms with van der Waals surface area (Å²) in [6, 6.07) is 9.64. The molecule has 2 saturated carbocycles. The van der Waals surface area contributed by atoms with Gasteiger partial charge in [-0.3, -0.25) is 4.90 Å². The third-order valence-corrected chi connectivity index (χ3v) is 12.2. The Hall–Kier alpha value is -0.980. The fourth-order valence-electron chi connectivity index (χ4n) is 9.46. The summed E-state index contributed by atoms with van der Waals surface area (Å²) in [6.45, 7) is 18.6. The van der Waals surface area contributed by atoms with Gasteiger partial charge in [-0.1, -0.05) is 77.6 Å². The van der Waals surface area contributed by atoms with E-state index in [1.165, 1.54) is 109 Å². The quantitative estimate of drug-likeness (QED) is 0.104. The van der Waals surface area contributed by atoms with E-state index in [1.807, 2.05) is 0 Å². The lowest BCUT2D eigenvalue weighted by atomic mass is 9.64. The van der Waals surface area contributed by atoms with Gasteiger partial charge >= 0.3 is 0 Å². The summed E-state index contributed by atoms with van der Waals surface area (Å²) in [4.78, 5) is 5.35. The summed E-state index contributed by atoms with van der Waals surface area (Å²) in [6.07, 6.45) is 20.4. The second-order valence-electron chi connectivity index (χ2n) is 16.1. The second kappa shape index (κ2) is 23.4. The average molecular weight is 655 g/mol. The first-order valence-electron chi connectivity index (χ1n) is 20.5. The van der Waals surface area contributed by atoms with E-state index in [9.17, 15) is 5.11 Å². The highest BCUT2D eigenvalue weighted by Crippen LogP contribution is 2.46. The Morgan fingerprint density at radius 2 is 1.55 bits per heavy atom. The largest absolute Gasteiger partial charge is 0.396 e. The van der Waals surface area contributed by atoms with E-state index in [4.69, 9.17) is 11.5 Å². The van der Waals surface area contributed by atoms with Crippen LogP contribution in [0.1, 0.15) is 147 Å². The van der Waals surface area contributed by atoms with Crippen molar-refractivity contribution in [2.24, 2.45) is 47.0 Å². The van der Waals surface area contributed by atoms with Gasteiger partial charge in [-0.2, -0.15) is 0 Å². The molecular weight excluding hydrogens is 576 g/mol. The predicted octanol–water partition coefficient (Wildman–Crippen LogP) is 8.83. The molecule has 3 rings (SSSR count). The molecule has 0 amide bonds. The van der Waals surface area contributed by atoms with E-state index < -0.39 is 0 Å². The molecule has 0 aliphatic heterocycles. The van der Waals surface area contributed by atoms with Crippen LogP contribution in [0.2, 0.25) is 0 Å². The summed E-state index contributed by atoms with van der Waals surface area (Å²) < 4.78 is 0. The molecule has 7 unspecified atom stereocenters. The van der Waals surface area contributed by atoms with Gasteiger partial charge in [0.15, 0.2) is 0 Å².